The first-order valence-electron chi connectivity index (χ1n) is 7.92. The van der Waals surface area contributed by atoms with Crippen LogP contribution < -0.4 is 4.74 Å². The molecule has 4 heteroatoms. The highest BCUT2D eigenvalue weighted by Crippen LogP contribution is 2.25. The summed E-state index contributed by atoms with van der Waals surface area (Å²) < 4.78 is 7.58. The first-order chi connectivity index (χ1) is 10.2. The lowest BCUT2D eigenvalue weighted by molar-refractivity contribution is 0.138. The highest BCUT2D eigenvalue weighted by atomic mass is 16.5. The van der Waals surface area contributed by atoms with Gasteiger partial charge >= 0.3 is 0 Å². The second-order valence-corrected chi connectivity index (χ2v) is 6.31. The Bertz CT molecular complexity index is 605. The number of aromatic nitrogens is 2. The van der Waals surface area contributed by atoms with E-state index < -0.39 is 0 Å². The van der Waals surface area contributed by atoms with Gasteiger partial charge < -0.3 is 14.0 Å². The number of nitrogens with zero attached hydrogens (tertiary/aromatic N) is 3. The van der Waals surface area contributed by atoms with Crippen molar-refractivity contribution in [3.63, 3.8) is 0 Å². The van der Waals surface area contributed by atoms with Crippen molar-refractivity contribution >= 4 is 5.52 Å². The molecular formula is C17H25N3O. The Kier molecular flexibility index (Phi) is 4.15. The van der Waals surface area contributed by atoms with Gasteiger partial charge in [-0.2, -0.15) is 0 Å². The number of imidazole rings is 1. The highest BCUT2D eigenvalue weighted by Gasteiger charge is 2.23. The van der Waals surface area contributed by atoms with E-state index in [1.807, 2.05) is 18.3 Å². The molecule has 114 valence electrons. The molecule has 3 heterocycles. The molecule has 2 aromatic rings. The molecule has 0 bridgehead atoms. The maximum Gasteiger partial charge on any atom is 0.144 e. The van der Waals surface area contributed by atoms with Crippen molar-refractivity contribution in [2.75, 3.05) is 20.2 Å². The quantitative estimate of drug-likeness (QED) is 0.866. The smallest absolute Gasteiger partial charge is 0.144 e. The summed E-state index contributed by atoms with van der Waals surface area (Å²) in [6.45, 7) is 7.01. The van der Waals surface area contributed by atoms with Crippen LogP contribution in [-0.2, 0) is 6.42 Å². The number of hydrogen-bond acceptors (Lipinski definition) is 3. The van der Waals surface area contributed by atoms with Crippen LogP contribution in [0.1, 0.15) is 32.5 Å². The average molecular weight is 287 g/mol. The third-order valence-electron chi connectivity index (χ3n) is 4.58. The fourth-order valence-corrected chi connectivity index (χ4v) is 3.36. The van der Waals surface area contributed by atoms with Crippen LogP contribution in [0.3, 0.4) is 0 Å². The molecule has 1 unspecified atom stereocenters. The molecule has 21 heavy (non-hydrogen) atoms. The fourth-order valence-electron chi connectivity index (χ4n) is 3.36. The van der Waals surface area contributed by atoms with E-state index in [4.69, 9.17) is 4.74 Å². The molecule has 0 radical (unpaired) electrons. The molecular weight excluding hydrogens is 262 g/mol. The lowest BCUT2D eigenvalue weighted by atomic mass is 9.93. The van der Waals surface area contributed by atoms with Crippen molar-refractivity contribution in [3.8, 4) is 5.75 Å². The zero-order chi connectivity index (χ0) is 14.8. The molecule has 1 atom stereocenters. The maximum absolute atomic E-state index is 5.41. The molecule has 0 saturated carbocycles. The van der Waals surface area contributed by atoms with Crippen LogP contribution in [-0.4, -0.2) is 40.5 Å². The minimum absolute atomic E-state index is 0.643. The van der Waals surface area contributed by atoms with E-state index in [9.17, 15) is 0 Å². The highest BCUT2D eigenvalue weighted by molar-refractivity contribution is 5.59. The predicted molar refractivity (Wildman–Crippen MR) is 84.9 cm³/mol. The lowest BCUT2D eigenvalue weighted by Crippen LogP contribution is -2.40. The standard InChI is InChI=1S/C17H25N3O/c1-13(2)19-8-4-6-14(12-19)10-17-18-11-15-16(21-3)7-5-9-20(15)17/h5,7,9,11,13-14H,4,6,8,10,12H2,1-3H3. The van der Waals surface area contributed by atoms with Crippen molar-refractivity contribution in [2.45, 2.75) is 39.2 Å². The number of piperidine rings is 1. The monoisotopic (exact) mass is 287 g/mol. The van der Waals surface area contributed by atoms with Crippen molar-refractivity contribution in [1.82, 2.24) is 14.3 Å². The molecule has 1 aliphatic rings. The van der Waals surface area contributed by atoms with Gasteiger partial charge in [-0.3, -0.25) is 0 Å². The lowest BCUT2D eigenvalue weighted by Gasteiger charge is -2.35. The predicted octanol–water partition coefficient (Wildman–Crippen LogP) is 3.01. The van der Waals surface area contributed by atoms with Gasteiger partial charge in [-0.25, -0.2) is 4.98 Å². The Morgan fingerprint density at radius 2 is 2.29 bits per heavy atom. The number of pyridine rings is 1. The fraction of sp³-hybridized carbons (Fsp3) is 0.588. The summed E-state index contributed by atoms with van der Waals surface area (Å²) in [5, 5.41) is 0. The first kappa shape index (κ1) is 14.4. The van der Waals surface area contributed by atoms with E-state index in [0.29, 0.717) is 12.0 Å². The van der Waals surface area contributed by atoms with Crippen molar-refractivity contribution in [1.29, 1.82) is 0 Å². The zero-order valence-corrected chi connectivity index (χ0v) is 13.2. The minimum atomic E-state index is 0.643. The molecule has 2 aromatic heterocycles. The van der Waals surface area contributed by atoms with Crippen molar-refractivity contribution in [3.05, 3.63) is 30.4 Å². The summed E-state index contributed by atoms with van der Waals surface area (Å²) in [4.78, 5) is 7.22. The minimum Gasteiger partial charge on any atom is -0.494 e. The van der Waals surface area contributed by atoms with Crippen LogP contribution in [0.2, 0.25) is 0 Å². The zero-order valence-electron chi connectivity index (χ0n) is 13.2. The molecule has 0 aliphatic carbocycles. The molecule has 1 fully saturated rings. The van der Waals surface area contributed by atoms with Gasteiger partial charge in [0.1, 0.15) is 17.1 Å². The second-order valence-electron chi connectivity index (χ2n) is 6.31. The van der Waals surface area contributed by atoms with Gasteiger partial charge in [-0.15, -0.1) is 0 Å². The van der Waals surface area contributed by atoms with Gasteiger partial charge in [0.15, 0.2) is 0 Å². The van der Waals surface area contributed by atoms with E-state index in [1.54, 1.807) is 7.11 Å². The summed E-state index contributed by atoms with van der Waals surface area (Å²) in [5.41, 5.74) is 1.06. The maximum atomic E-state index is 5.41. The molecule has 3 rings (SSSR count). The molecule has 0 spiro atoms. The van der Waals surface area contributed by atoms with Crippen LogP contribution in [0.15, 0.2) is 24.5 Å². The SMILES string of the molecule is COc1cccn2c(CC3CCCN(C(C)C)C3)ncc12. The number of ether oxygens (including phenoxy) is 1. The van der Waals surface area contributed by atoms with Gasteiger partial charge in [-0.05, 0) is 51.3 Å². The van der Waals surface area contributed by atoms with Crippen LogP contribution in [0.4, 0.5) is 0 Å². The molecule has 1 aliphatic heterocycles. The summed E-state index contributed by atoms with van der Waals surface area (Å²) in [6, 6.07) is 4.66. The average Bonchev–Trinajstić information content (AvgIpc) is 2.90. The topological polar surface area (TPSA) is 29.8 Å². The summed E-state index contributed by atoms with van der Waals surface area (Å²) >= 11 is 0. The van der Waals surface area contributed by atoms with Crippen molar-refractivity contribution in [2.24, 2.45) is 5.92 Å². The van der Waals surface area contributed by atoms with E-state index >= 15 is 0 Å². The molecule has 0 amide bonds. The van der Waals surface area contributed by atoms with E-state index in [2.05, 4.69) is 34.3 Å². The van der Waals surface area contributed by atoms with Gasteiger partial charge in [0.05, 0.1) is 13.3 Å². The van der Waals surface area contributed by atoms with E-state index in [1.165, 1.54) is 25.9 Å². The summed E-state index contributed by atoms with van der Waals surface area (Å²) in [7, 11) is 1.71. The Hall–Kier alpha value is -1.55. The first-order valence-corrected chi connectivity index (χ1v) is 7.92. The van der Waals surface area contributed by atoms with Gasteiger partial charge in [-0.1, -0.05) is 0 Å². The normalized spacial score (nSPS) is 20.3. The molecule has 4 nitrogen and oxygen atoms in total. The number of likely N-dealkylation sites (tertiary alicyclic amines) is 1. The summed E-state index contributed by atoms with van der Waals surface area (Å²) in [6.07, 6.45) is 7.67. The number of hydrogen-bond donors (Lipinski definition) is 0. The van der Waals surface area contributed by atoms with E-state index in [-0.39, 0.29) is 0 Å². The largest absolute Gasteiger partial charge is 0.494 e. The Morgan fingerprint density at radius 3 is 3.05 bits per heavy atom. The number of fused-ring (bicyclic) bond motifs is 1. The van der Waals surface area contributed by atoms with E-state index in [0.717, 1.165) is 23.5 Å². The van der Waals surface area contributed by atoms with Crippen molar-refractivity contribution < 1.29 is 4.74 Å². The van der Waals surface area contributed by atoms with Gasteiger partial charge in [0.25, 0.3) is 0 Å². The number of rotatable bonds is 4. The second kappa shape index (κ2) is 6.06. The third kappa shape index (κ3) is 2.91. The van der Waals surface area contributed by atoms with Crippen LogP contribution in [0.5, 0.6) is 5.75 Å². The Labute approximate surface area is 126 Å². The molecule has 1 saturated heterocycles. The Morgan fingerprint density at radius 1 is 1.43 bits per heavy atom. The van der Waals surface area contributed by atoms with Crippen LogP contribution in [0.25, 0.3) is 5.52 Å². The van der Waals surface area contributed by atoms with Crippen LogP contribution in [0, 0.1) is 5.92 Å². The third-order valence-corrected chi connectivity index (χ3v) is 4.58. The molecule has 0 aromatic carbocycles. The van der Waals surface area contributed by atoms with Gasteiger partial charge in [0.2, 0.25) is 0 Å². The number of methoxy groups -OCH3 is 1. The summed E-state index contributed by atoms with van der Waals surface area (Å²) in [5.74, 6) is 2.75. The Balaban J connectivity index is 1.79. The van der Waals surface area contributed by atoms with Crippen LogP contribution >= 0.6 is 0 Å². The molecule has 0 N–H and O–H groups in total. The van der Waals surface area contributed by atoms with Gasteiger partial charge in [0, 0.05) is 25.2 Å².